The molecule has 0 spiro atoms. The van der Waals surface area contributed by atoms with Crippen molar-refractivity contribution in [2.24, 2.45) is 0 Å². The molecule has 10 heavy (non-hydrogen) atoms. The first kappa shape index (κ1) is 6.74. The molecule has 3 nitrogen and oxygen atoms in total. The van der Waals surface area contributed by atoms with Gasteiger partial charge in [0.05, 0.1) is 0 Å². The molecular weight excluding hydrogens is 130 g/mol. The van der Waals surface area contributed by atoms with Gasteiger partial charge in [-0.3, -0.25) is 4.79 Å². The molecule has 0 saturated heterocycles. The first-order chi connectivity index (χ1) is 4.79. The first-order valence-corrected chi connectivity index (χ1v) is 2.88. The second kappa shape index (κ2) is 2.96. The van der Waals surface area contributed by atoms with E-state index in [9.17, 15) is 4.79 Å². The fourth-order valence-electron chi connectivity index (χ4n) is 0.555. The highest BCUT2D eigenvalue weighted by Gasteiger charge is 1.94. The van der Waals surface area contributed by atoms with E-state index in [2.05, 4.69) is 9.72 Å². The third kappa shape index (κ3) is 1.85. The fraction of sp³-hybridized carbons (Fsp3) is 0.143. The zero-order chi connectivity index (χ0) is 7.40. The van der Waals surface area contributed by atoms with Gasteiger partial charge in [0.2, 0.25) is 5.88 Å². The van der Waals surface area contributed by atoms with E-state index in [1.54, 1.807) is 24.4 Å². The zero-order valence-electron chi connectivity index (χ0n) is 5.57. The second-order valence-electron chi connectivity index (χ2n) is 1.76. The van der Waals surface area contributed by atoms with Gasteiger partial charge in [0.25, 0.3) is 0 Å². The van der Waals surface area contributed by atoms with Gasteiger partial charge in [0, 0.05) is 19.2 Å². The fourth-order valence-corrected chi connectivity index (χ4v) is 0.555. The molecule has 0 bridgehead atoms. The van der Waals surface area contributed by atoms with Crippen LogP contribution in [0.5, 0.6) is 5.88 Å². The van der Waals surface area contributed by atoms with E-state index < -0.39 is 0 Å². The molecule has 0 aromatic carbocycles. The van der Waals surface area contributed by atoms with Crippen molar-refractivity contribution in [1.82, 2.24) is 4.98 Å². The molecule has 52 valence electrons. The van der Waals surface area contributed by atoms with Crippen molar-refractivity contribution in [3.05, 3.63) is 24.4 Å². The Morgan fingerprint density at radius 2 is 2.40 bits per heavy atom. The monoisotopic (exact) mass is 137 g/mol. The first-order valence-electron chi connectivity index (χ1n) is 2.88. The van der Waals surface area contributed by atoms with E-state index in [1.807, 2.05) is 0 Å². The maximum absolute atomic E-state index is 10.4. The lowest BCUT2D eigenvalue weighted by Gasteiger charge is -1.95. The Kier molecular flexibility index (Phi) is 1.99. The average Bonchev–Trinajstić information content (AvgIpc) is 1.88. The van der Waals surface area contributed by atoms with Crippen molar-refractivity contribution in [3.8, 4) is 5.88 Å². The standard InChI is InChI=1S/C7H7NO2/c1-6(9)10-7-4-2-3-5-8-7/h2-5H,1H3. The van der Waals surface area contributed by atoms with Crippen LogP contribution in [0.3, 0.4) is 0 Å². The van der Waals surface area contributed by atoms with Crippen LogP contribution in [0.25, 0.3) is 0 Å². The predicted molar refractivity (Wildman–Crippen MR) is 35.5 cm³/mol. The third-order valence-corrected chi connectivity index (χ3v) is 0.886. The summed E-state index contributed by atoms with van der Waals surface area (Å²) in [6.07, 6.45) is 1.57. The van der Waals surface area contributed by atoms with Gasteiger partial charge >= 0.3 is 5.97 Å². The van der Waals surface area contributed by atoms with Gasteiger partial charge in [-0.15, -0.1) is 0 Å². The molecule has 0 fully saturated rings. The summed E-state index contributed by atoms with van der Waals surface area (Å²) in [6, 6.07) is 5.14. The maximum atomic E-state index is 10.4. The average molecular weight is 137 g/mol. The number of pyridine rings is 1. The van der Waals surface area contributed by atoms with Crippen LogP contribution in [0, 0.1) is 0 Å². The van der Waals surface area contributed by atoms with E-state index in [1.165, 1.54) is 6.92 Å². The normalized spacial score (nSPS) is 8.90. The molecule has 0 unspecified atom stereocenters. The zero-order valence-corrected chi connectivity index (χ0v) is 5.57. The molecule has 0 atom stereocenters. The summed E-state index contributed by atoms with van der Waals surface area (Å²) in [5.41, 5.74) is 0. The van der Waals surface area contributed by atoms with Gasteiger partial charge in [-0.25, -0.2) is 4.98 Å². The van der Waals surface area contributed by atoms with Crippen molar-refractivity contribution < 1.29 is 9.53 Å². The van der Waals surface area contributed by atoms with Crippen LogP contribution in [0.4, 0.5) is 0 Å². The Labute approximate surface area is 58.7 Å². The Morgan fingerprint density at radius 1 is 1.60 bits per heavy atom. The number of carbonyl (C=O) groups excluding carboxylic acids is 1. The van der Waals surface area contributed by atoms with Crippen LogP contribution in [-0.4, -0.2) is 11.0 Å². The lowest BCUT2D eigenvalue weighted by Crippen LogP contribution is -2.02. The van der Waals surface area contributed by atoms with Crippen LogP contribution < -0.4 is 4.74 Å². The summed E-state index contributed by atoms with van der Waals surface area (Å²) in [5, 5.41) is 0. The highest BCUT2D eigenvalue weighted by molar-refractivity contribution is 5.68. The second-order valence-corrected chi connectivity index (χ2v) is 1.76. The number of carbonyl (C=O) groups is 1. The van der Waals surface area contributed by atoms with E-state index in [-0.39, 0.29) is 5.97 Å². The molecule has 3 heteroatoms. The van der Waals surface area contributed by atoms with Gasteiger partial charge in [0.1, 0.15) is 0 Å². The van der Waals surface area contributed by atoms with E-state index in [4.69, 9.17) is 0 Å². The number of ether oxygens (including phenoxy) is 1. The van der Waals surface area contributed by atoms with Crippen molar-refractivity contribution in [2.45, 2.75) is 6.92 Å². The maximum Gasteiger partial charge on any atom is 0.309 e. The number of rotatable bonds is 1. The SMILES string of the molecule is CC(=O)Oc1ccccn1. The van der Waals surface area contributed by atoms with E-state index in [0.717, 1.165) is 0 Å². The molecule has 1 aromatic heterocycles. The number of hydrogen-bond donors (Lipinski definition) is 0. The summed E-state index contributed by atoms with van der Waals surface area (Å²) >= 11 is 0. The molecule has 0 radical (unpaired) electrons. The molecule has 1 rings (SSSR count). The van der Waals surface area contributed by atoms with Crippen LogP contribution in [0.15, 0.2) is 24.4 Å². The minimum absolute atomic E-state index is 0.343. The van der Waals surface area contributed by atoms with Crippen molar-refractivity contribution in [1.29, 1.82) is 0 Å². The Morgan fingerprint density at radius 3 is 2.90 bits per heavy atom. The van der Waals surface area contributed by atoms with Gasteiger partial charge < -0.3 is 4.74 Å². The molecule has 0 saturated carbocycles. The molecule has 0 aliphatic rings. The highest BCUT2D eigenvalue weighted by Crippen LogP contribution is 2.02. The number of esters is 1. The van der Waals surface area contributed by atoms with Gasteiger partial charge in [-0.2, -0.15) is 0 Å². The van der Waals surface area contributed by atoms with Crippen LogP contribution >= 0.6 is 0 Å². The molecule has 0 aliphatic carbocycles. The minimum atomic E-state index is -0.348. The quantitative estimate of drug-likeness (QED) is 0.542. The topological polar surface area (TPSA) is 39.2 Å². The lowest BCUT2D eigenvalue weighted by atomic mass is 10.5. The van der Waals surface area contributed by atoms with Gasteiger partial charge in [-0.05, 0) is 6.07 Å². The number of nitrogens with zero attached hydrogens (tertiary/aromatic N) is 1. The van der Waals surface area contributed by atoms with Crippen LogP contribution in [0.2, 0.25) is 0 Å². The molecule has 0 N–H and O–H groups in total. The number of hydrogen-bond acceptors (Lipinski definition) is 3. The van der Waals surface area contributed by atoms with Crippen LogP contribution in [-0.2, 0) is 4.79 Å². The van der Waals surface area contributed by atoms with Crippen LogP contribution in [0.1, 0.15) is 6.92 Å². The van der Waals surface area contributed by atoms with Gasteiger partial charge in [-0.1, -0.05) is 6.07 Å². The summed E-state index contributed by atoms with van der Waals surface area (Å²) in [7, 11) is 0. The largest absolute Gasteiger partial charge is 0.408 e. The Balaban J connectivity index is 2.67. The highest BCUT2D eigenvalue weighted by atomic mass is 16.5. The summed E-state index contributed by atoms with van der Waals surface area (Å²) in [4.78, 5) is 14.1. The van der Waals surface area contributed by atoms with Gasteiger partial charge in [0.15, 0.2) is 0 Å². The minimum Gasteiger partial charge on any atom is -0.408 e. The Hall–Kier alpha value is -1.38. The summed E-state index contributed by atoms with van der Waals surface area (Å²) in [5.74, 6) is -0.00583. The predicted octanol–water partition coefficient (Wildman–Crippen LogP) is 1.01. The van der Waals surface area contributed by atoms with E-state index >= 15 is 0 Å². The van der Waals surface area contributed by atoms with Crippen molar-refractivity contribution >= 4 is 5.97 Å². The molecular formula is C7H7NO2. The molecule has 1 heterocycles. The third-order valence-electron chi connectivity index (χ3n) is 0.886. The number of aromatic nitrogens is 1. The van der Waals surface area contributed by atoms with E-state index in [0.29, 0.717) is 5.88 Å². The van der Waals surface area contributed by atoms with Crippen molar-refractivity contribution in [3.63, 3.8) is 0 Å². The lowest BCUT2D eigenvalue weighted by molar-refractivity contribution is -0.132. The smallest absolute Gasteiger partial charge is 0.309 e. The summed E-state index contributed by atoms with van der Waals surface area (Å²) < 4.78 is 4.66. The van der Waals surface area contributed by atoms with Crippen molar-refractivity contribution in [2.75, 3.05) is 0 Å². The molecule has 0 amide bonds. The summed E-state index contributed by atoms with van der Waals surface area (Å²) in [6.45, 7) is 1.34. The Bertz CT molecular complexity index is 220. The molecule has 1 aromatic rings. The molecule has 0 aliphatic heterocycles.